The van der Waals surface area contributed by atoms with E-state index in [0.29, 0.717) is 26.2 Å². The third kappa shape index (κ3) is 7.40. The van der Waals surface area contributed by atoms with Gasteiger partial charge in [-0.15, -0.1) is 17.9 Å². The maximum absolute atomic E-state index is 13.4. The first-order chi connectivity index (χ1) is 15.9. The van der Waals surface area contributed by atoms with Crippen molar-refractivity contribution in [1.29, 1.82) is 0 Å². The molecule has 1 aromatic carbocycles. The fourth-order valence-electron chi connectivity index (χ4n) is 4.08. The fraction of sp³-hybridized carbons (Fsp3) is 0.500. The normalized spacial score (nSPS) is 16.7. The molecule has 0 saturated carbocycles. The Hall–Kier alpha value is -2.19. The summed E-state index contributed by atoms with van der Waals surface area (Å²) in [5.41, 5.74) is 2.31. The van der Waals surface area contributed by atoms with E-state index in [1.807, 2.05) is 54.8 Å². The summed E-state index contributed by atoms with van der Waals surface area (Å²) in [6.07, 6.45) is 2.00. The zero-order chi connectivity index (χ0) is 23.8. The zero-order valence-corrected chi connectivity index (χ0v) is 20.7. The predicted octanol–water partition coefficient (Wildman–Crippen LogP) is 3.84. The minimum absolute atomic E-state index is 0.0310. The van der Waals surface area contributed by atoms with Gasteiger partial charge in [-0.3, -0.25) is 9.69 Å². The Labute approximate surface area is 201 Å². The lowest BCUT2D eigenvalue weighted by Crippen LogP contribution is -2.48. The maximum Gasteiger partial charge on any atom is 0.237 e. The number of aliphatic hydroxyl groups is 1. The summed E-state index contributed by atoms with van der Waals surface area (Å²) in [7, 11) is 0. The van der Waals surface area contributed by atoms with E-state index in [0.717, 1.165) is 17.7 Å². The Morgan fingerprint density at radius 3 is 2.94 bits per heavy atom. The van der Waals surface area contributed by atoms with Gasteiger partial charge in [0.25, 0.3) is 0 Å². The van der Waals surface area contributed by atoms with Crippen molar-refractivity contribution in [2.75, 3.05) is 39.4 Å². The molecule has 0 spiro atoms. The van der Waals surface area contributed by atoms with E-state index in [4.69, 9.17) is 9.47 Å². The maximum atomic E-state index is 13.4. The van der Waals surface area contributed by atoms with Crippen LogP contribution in [0.3, 0.4) is 0 Å². The topological polar surface area (TPSA) is 62.2 Å². The van der Waals surface area contributed by atoms with E-state index < -0.39 is 6.10 Å². The Kier molecular flexibility index (Phi) is 9.50. The Balaban J connectivity index is 1.68. The van der Waals surface area contributed by atoms with Crippen LogP contribution >= 0.6 is 11.3 Å². The SMILES string of the molecule is C=CCN(CC(=O)N1CCc2sccc2[C@H]1COc1cccc(C)c1)C[C@@H](O)COC(C)C. The van der Waals surface area contributed by atoms with Gasteiger partial charge in [0, 0.05) is 24.5 Å². The van der Waals surface area contributed by atoms with Crippen molar-refractivity contribution in [3.8, 4) is 5.75 Å². The molecule has 180 valence electrons. The number of amides is 1. The number of nitrogens with zero attached hydrogens (tertiary/aromatic N) is 2. The van der Waals surface area contributed by atoms with Gasteiger partial charge in [0.05, 0.1) is 31.4 Å². The molecule has 2 heterocycles. The molecule has 7 heteroatoms. The first-order valence-corrected chi connectivity index (χ1v) is 12.4. The van der Waals surface area contributed by atoms with E-state index in [9.17, 15) is 9.90 Å². The van der Waals surface area contributed by atoms with Gasteiger partial charge in [-0.05, 0) is 61.9 Å². The quantitative estimate of drug-likeness (QED) is 0.476. The molecule has 1 aromatic heterocycles. The van der Waals surface area contributed by atoms with Crippen molar-refractivity contribution >= 4 is 17.2 Å². The Morgan fingerprint density at radius 2 is 2.21 bits per heavy atom. The fourth-order valence-corrected chi connectivity index (χ4v) is 5.01. The molecule has 2 aromatic rings. The second-order valence-corrected chi connectivity index (χ2v) is 9.80. The number of carbonyl (C=O) groups is 1. The predicted molar refractivity (Wildman–Crippen MR) is 133 cm³/mol. The third-order valence-corrected chi connectivity index (χ3v) is 6.65. The van der Waals surface area contributed by atoms with Gasteiger partial charge in [0.15, 0.2) is 0 Å². The summed E-state index contributed by atoms with van der Waals surface area (Å²) < 4.78 is 11.6. The molecule has 3 rings (SSSR count). The lowest BCUT2D eigenvalue weighted by molar-refractivity contribution is -0.136. The monoisotopic (exact) mass is 472 g/mol. The molecule has 0 fully saturated rings. The first kappa shape index (κ1) is 25.4. The minimum atomic E-state index is -0.662. The number of carbonyl (C=O) groups excluding carboxylic acids is 1. The summed E-state index contributed by atoms with van der Waals surface area (Å²) >= 11 is 1.74. The first-order valence-electron chi connectivity index (χ1n) is 11.6. The smallest absolute Gasteiger partial charge is 0.237 e. The van der Waals surface area contributed by atoms with Crippen molar-refractivity contribution < 1.29 is 19.4 Å². The minimum Gasteiger partial charge on any atom is -0.491 e. The van der Waals surface area contributed by atoms with Gasteiger partial charge in [-0.1, -0.05) is 18.2 Å². The van der Waals surface area contributed by atoms with Crippen LogP contribution in [-0.4, -0.2) is 72.4 Å². The van der Waals surface area contributed by atoms with Crippen molar-refractivity contribution in [3.63, 3.8) is 0 Å². The highest BCUT2D eigenvalue weighted by Crippen LogP contribution is 2.34. The van der Waals surface area contributed by atoms with E-state index >= 15 is 0 Å². The summed E-state index contributed by atoms with van der Waals surface area (Å²) in [5.74, 6) is 0.842. The Morgan fingerprint density at radius 1 is 1.39 bits per heavy atom. The molecule has 0 radical (unpaired) electrons. The number of fused-ring (bicyclic) bond motifs is 1. The Bertz CT molecular complexity index is 913. The van der Waals surface area contributed by atoms with Crippen LogP contribution in [0.15, 0.2) is 48.4 Å². The molecule has 0 aliphatic carbocycles. The molecule has 2 atom stereocenters. The molecule has 0 unspecified atom stereocenters. The van der Waals surface area contributed by atoms with Crippen LogP contribution in [0.4, 0.5) is 0 Å². The average Bonchev–Trinajstić information content (AvgIpc) is 3.25. The van der Waals surface area contributed by atoms with E-state index in [-0.39, 0.29) is 31.2 Å². The molecular formula is C26H36N2O4S. The van der Waals surface area contributed by atoms with Gasteiger partial charge in [0.1, 0.15) is 12.4 Å². The molecule has 0 bridgehead atoms. The van der Waals surface area contributed by atoms with Gasteiger partial charge in [-0.2, -0.15) is 0 Å². The average molecular weight is 473 g/mol. The van der Waals surface area contributed by atoms with Crippen molar-refractivity contribution in [1.82, 2.24) is 9.80 Å². The lowest BCUT2D eigenvalue weighted by Gasteiger charge is -2.37. The molecule has 0 saturated heterocycles. The number of thiophene rings is 1. The zero-order valence-electron chi connectivity index (χ0n) is 19.9. The van der Waals surface area contributed by atoms with Gasteiger partial charge in [-0.25, -0.2) is 0 Å². The molecule has 1 N–H and O–H groups in total. The highest BCUT2D eigenvalue weighted by atomic mass is 32.1. The van der Waals surface area contributed by atoms with E-state index in [2.05, 4.69) is 18.0 Å². The van der Waals surface area contributed by atoms with Crippen molar-refractivity contribution in [2.45, 2.75) is 45.4 Å². The van der Waals surface area contributed by atoms with E-state index in [1.165, 1.54) is 10.4 Å². The molecular weight excluding hydrogens is 436 g/mol. The summed E-state index contributed by atoms with van der Waals surface area (Å²) in [6, 6.07) is 9.95. The summed E-state index contributed by atoms with van der Waals surface area (Å²) in [5, 5.41) is 12.5. The molecule has 1 aliphatic heterocycles. The van der Waals surface area contributed by atoms with Crippen molar-refractivity contribution in [3.05, 3.63) is 64.4 Å². The summed E-state index contributed by atoms with van der Waals surface area (Å²) in [4.78, 5) is 18.6. The molecule has 1 aliphatic rings. The second-order valence-electron chi connectivity index (χ2n) is 8.80. The number of hydrogen-bond acceptors (Lipinski definition) is 6. The van der Waals surface area contributed by atoms with Crippen LogP contribution < -0.4 is 4.74 Å². The van der Waals surface area contributed by atoms with Crippen LogP contribution in [0.2, 0.25) is 0 Å². The van der Waals surface area contributed by atoms with Gasteiger partial charge in [0.2, 0.25) is 5.91 Å². The van der Waals surface area contributed by atoms with Crippen LogP contribution in [-0.2, 0) is 16.0 Å². The summed E-state index contributed by atoms with van der Waals surface area (Å²) in [6.45, 7) is 12.1. The third-order valence-electron chi connectivity index (χ3n) is 5.65. The number of ether oxygens (including phenoxy) is 2. The molecule has 33 heavy (non-hydrogen) atoms. The van der Waals surface area contributed by atoms with Crippen LogP contribution in [0.25, 0.3) is 0 Å². The van der Waals surface area contributed by atoms with Crippen molar-refractivity contribution in [2.24, 2.45) is 0 Å². The second kappa shape index (κ2) is 12.3. The number of aliphatic hydroxyl groups excluding tert-OH is 1. The van der Waals surface area contributed by atoms with Crippen LogP contribution in [0.5, 0.6) is 5.75 Å². The number of hydrogen-bond donors (Lipinski definition) is 1. The highest BCUT2D eigenvalue weighted by molar-refractivity contribution is 7.10. The number of rotatable bonds is 12. The highest BCUT2D eigenvalue weighted by Gasteiger charge is 2.33. The largest absolute Gasteiger partial charge is 0.491 e. The van der Waals surface area contributed by atoms with Crippen LogP contribution in [0.1, 0.15) is 35.9 Å². The molecule has 1 amide bonds. The number of benzene rings is 1. The van der Waals surface area contributed by atoms with Gasteiger partial charge >= 0.3 is 0 Å². The van der Waals surface area contributed by atoms with E-state index in [1.54, 1.807) is 17.4 Å². The van der Waals surface area contributed by atoms with Crippen LogP contribution in [0, 0.1) is 6.92 Å². The lowest BCUT2D eigenvalue weighted by atomic mass is 10.0. The molecule has 6 nitrogen and oxygen atoms in total. The standard InChI is InChI=1S/C26H36N2O4S/c1-5-11-27(15-21(29)17-31-19(2)3)16-26(30)28-12-9-25-23(10-13-33-25)24(28)18-32-22-8-6-7-20(4)14-22/h5-8,10,13-14,19,21,24,29H,1,9,11-12,15-18H2,2-4H3/t21-,24-/m1/s1. The van der Waals surface area contributed by atoms with Gasteiger partial charge < -0.3 is 19.5 Å². The number of aryl methyl sites for hydroxylation is 1.